The Labute approximate surface area is 106 Å². The van der Waals surface area contributed by atoms with Gasteiger partial charge in [-0.25, -0.2) is 4.79 Å². The summed E-state index contributed by atoms with van der Waals surface area (Å²) in [6, 6.07) is 0. The van der Waals surface area contributed by atoms with Crippen molar-refractivity contribution in [2.75, 3.05) is 6.61 Å². The van der Waals surface area contributed by atoms with Gasteiger partial charge in [-0.05, 0) is 12.8 Å². The lowest BCUT2D eigenvalue weighted by molar-refractivity contribution is -0.166. The third-order valence-corrected chi connectivity index (χ3v) is 2.10. The predicted molar refractivity (Wildman–Crippen MR) is 62.9 cm³/mol. The summed E-state index contributed by atoms with van der Waals surface area (Å²) >= 11 is 0. The fourth-order valence-electron chi connectivity index (χ4n) is 1.21. The Morgan fingerprint density at radius 1 is 1.06 bits per heavy atom. The molecule has 0 aromatic heterocycles. The van der Waals surface area contributed by atoms with Crippen molar-refractivity contribution in [1.29, 1.82) is 0 Å². The van der Waals surface area contributed by atoms with Crippen LogP contribution >= 0.6 is 0 Å². The summed E-state index contributed by atoms with van der Waals surface area (Å²) in [6.07, 6.45) is 0.467. The Balaban J connectivity index is 4.01. The summed E-state index contributed by atoms with van der Waals surface area (Å²) in [6.45, 7) is 3.58. The topological polar surface area (TPSA) is 89.9 Å². The normalized spacial score (nSPS) is 11.7. The highest BCUT2D eigenvalue weighted by molar-refractivity contribution is 5.78. The standard InChI is InChI=1S/C12H20O6/c1-3-5-10(13)17-8-7-9(12(15)16)18-11(14)6-4-2/h9H,3-8H2,1-2H3,(H,15,16). The number of carbonyl (C=O) groups is 3. The summed E-state index contributed by atoms with van der Waals surface area (Å²) in [5.74, 6) is -2.16. The van der Waals surface area contributed by atoms with Crippen molar-refractivity contribution in [3.05, 3.63) is 0 Å². The second-order valence-corrected chi connectivity index (χ2v) is 3.83. The molecule has 1 N–H and O–H groups in total. The molecule has 0 aromatic carbocycles. The quantitative estimate of drug-likeness (QED) is 0.632. The molecule has 0 aliphatic carbocycles. The van der Waals surface area contributed by atoms with Gasteiger partial charge in [0.1, 0.15) is 0 Å². The van der Waals surface area contributed by atoms with Gasteiger partial charge < -0.3 is 14.6 Å². The van der Waals surface area contributed by atoms with Gasteiger partial charge in [0.25, 0.3) is 0 Å². The number of carboxylic acids is 1. The molecule has 1 unspecified atom stereocenters. The van der Waals surface area contributed by atoms with E-state index in [1.54, 1.807) is 6.92 Å². The minimum absolute atomic E-state index is 0.0275. The zero-order valence-corrected chi connectivity index (χ0v) is 10.8. The van der Waals surface area contributed by atoms with Gasteiger partial charge in [0.15, 0.2) is 0 Å². The van der Waals surface area contributed by atoms with Crippen LogP contribution in [0.3, 0.4) is 0 Å². The van der Waals surface area contributed by atoms with E-state index >= 15 is 0 Å². The highest BCUT2D eigenvalue weighted by Gasteiger charge is 2.22. The van der Waals surface area contributed by atoms with Crippen LogP contribution in [0.4, 0.5) is 0 Å². The molecule has 0 bridgehead atoms. The minimum atomic E-state index is -1.25. The van der Waals surface area contributed by atoms with Gasteiger partial charge in [0.2, 0.25) is 6.10 Å². The highest BCUT2D eigenvalue weighted by atomic mass is 16.6. The lowest BCUT2D eigenvalue weighted by Crippen LogP contribution is -2.28. The number of rotatable bonds is 9. The van der Waals surface area contributed by atoms with Gasteiger partial charge in [-0.2, -0.15) is 0 Å². The molecule has 0 aliphatic heterocycles. The van der Waals surface area contributed by atoms with Crippen molar-refractivity contribution in [3.8, 4) is 0 Å². The summed E-state index contributed by atoms with van der Waals surface area (Å²) in [7, 11) is 0. The number of ether oxygens (including phenoxy) is 2. The van der Waals surface area contributed by atoms with Gasteiger partial charge >= 0.3 is 17.9 Å². The minimum Gasteiger partial charge on any atom is -0.479 e. The lowest BCUT2D eigenvalue weighted by Gasteiger charge is -2.13. The Morgan fingerprint density at radius 2 is 1.61 bits per heavy atom. The van der Waals surface area contributed by atoms with E-state index in [0.29, 0.717) is 19.3 Å². The van der Waals surface area contributed by atoms with E-state index in [1.165, 1.54) is 0 Å². The molecule has 104 valence electrons. The first-order valence-corrected chi connectivity index (χ1v) is 6.09. The summed E-state index contributed by atoms with van der Waals surface area (Å²) in [5.41, 5.74) is 0. The van der Waals surface area contributed by atoms with Gasteiger partial charge in [0.05, 0.1) is 6.61 Å². The van der Waals surface area contributed by atoms with E-state index < -0.39 is 18.0 Å². The third kappa shape index (κ3) is 7.65. The molecule has 0 rings (SSSR count). The van der Waals surface area contributed by atoms with E-state index in [2.05, 4.69) is 0 Å². The van der Waals surface area contributed by atoms with Crippen molar-refractivity contribution in [2.24, 2.45) is 0 Å². The second-order valence-electron chi connectivity index (χ2n) is 3.83. The molecule has 6 nitrogen and oxygen atoms in total. The lowest BCUT2D eigenvalue weighted by atomic mass is 10.2. The van der Waals surface area contributed by atoms with Crippen LogP contribution < -0.4 is 0 Å². The average Bonchev–Trinajstić information content (AvgIpc) is 2.28. The van der Waals surface area contributed by atoms with Crippen LogP contribution in [0.15, 0.2) is 0 Å². The number of aliphatic carboxylic acids is 1. The van der Waals surface area contributed by atoms with Gasteiger partial charge in [-0.15, -0.1) is 0 Å². The maximum Gasteiger partial charge on any atom is 0.345 e. The molecule has 0 aliphatic rings. The molecule has 0 saturated heterocycles. The van der Waals surface area contributed by atoms with Crippen LogP contribution in [0.5, 0.6) is 0 Å². The molecule has 0 aromatic rings. The molecule has 0 heterocycles. The molecule has 1 atom stereocenters. The predicted octanol–water partition coefficient (Wildman–Crippen LogP) is 1.52. The third-order valence-electron chi connectivity index (χ3n) is 2.10. The Kier molecular flexibility index (Phi) is 8.61. The van der Waals surface area contributed by atoms with Crippen LogP contribution in [-0.2, 0) is 23.9 Å². The Bertz CT molecular complexity index is 286. The molecule has 6 heteroatoms. The van der Waals surface area contributed by atoms with Crippen molar-refractivity contribution in [2.45, 2.75) is 52.1 Å². The molecule has 18 heavy (non-hydrogen) atoms. The first-order chi connectivity index (χ1) is 8.51. The zero-order valence-electron chi connectivity index (χ0n) is 10.8. The first-order valence-electron chi connectivity index (χ1n) is 6.09. The van der Waals surface area contributed by atoms with Gasteiger partial charge in [-0.3, -0.25) is 9.59 Å². The van der Waals surface area contributed by atoms with Crippen molar-refractivity contribution < 1.29 is 29.0 Å². The van der Waals surface area contributed by atoms with Gasteiger partial charge in [0, 0.05) is 19.3 Å². The van der Waals surface area contributed by atoms with E-state index in [9.17, 15) is 14.4 Å². The maximum absolute atomic E-state index is 11.2. The number of esters is 2. The second kappa shape index (κ2) is 9.44. The van der Waals surface area contributed by atoms with E-state index in [1.807, 2.05) is 6.92 Å². The van der Waals surface area contributed by atoms with Crippen molar-refractivity contribution in [1.82, 2.24) is 0 Å². The molecule has 0 amide bonds. The highest BCUT2D eigenvalue weighted by Crippen LogP contribution is 2.04. The fraction of sp³-hybridized carbons (Fsp3) is 0.750. The van der Waals surface area contributed by atoms with E-state index in [-0.39, 0.29) is 25.4 Å². The summed E-state index contributed by atoms with van der Waals surface area (Å²) in [5, 5.41) is 8.84. The molecular weight excluding hydrogens is 240 g/mol. The molecule has 0 saturated carbocycles. The first kappa shape index (κ1) is 16.4. The van der Waals surface area contributed by atoms with Crippen LogP contribution in [0.1, 0.15) is 46.0 Å². The molecule has 0 spiro atoms. The van der Waals surface area contributed by atoms with Crippen LogP contribution in [0.2, 0.25) is 0 Å². The zero-order chi connectivity index (χ0) is 14.0. The SMILES string of the molecule is CCCC(=O)OCCC(OC(=O)CCC)C(=O)O. The number of carbonyl (C=O) groups excluding carboxylic acids is 2. The number of hydrogen-bond donors (Lipinski definition) is 1. The molecule has 0 radical (unpaired) electrons. The molecule has 0 fully saturated rings. The number of hydrogen-bond acceptors (Lipinski definition) is 5. The monoisotopic (exact) mass is 260 g/mol. The van der Waals surface area contributed by atoms with Crippen LogP contribution in [0.25, 0.3) is 0 Å². The average molecular weight is 260 g/mol. The van der Waals surface area contributed by atoms with Crippen molar-refractivity contribution >= 4 is 17.9 Å². The smallest absolute Gasteiger partial charge is 0.345 e. The van der Waals surface area contributed by atoms with Crippen molar-refractivity contribution in [3.63, 3.8) is 0 Å². The Morgan fingerprint density at radius 3 is 2.11 bits per heavy atom. The fourth-order valence-corrected chi connectivity index (χ4v) is 1.21. The van der Waals surface area contributed by atoms with Crippen LogP contribution in [-0.4, -0.2) is 35.7 Å². The largest absolute Gasteiger partial charge is 0.479 e. The van der Waals surface area contributed by atoms with E-state index in [4.69, 9.17) is 14.6 Å². The number of carboxylic acid groups (broad SMARTS) is 1. The van der Waals surface area contributed by atoms with E-state index in [0.717, 1.165) is 0 Å². The van der Waals surface area contributed by atoms with Gasteiger partial charge in [-0.1, -0.05) is 13.8 Å². The Hall–Kier alpha value is -1.59. The maximum atomic E-state index is 11.2. The summed E-state index contributed by atoms with van der Waals surface area (Å²) < 4.78 is 9.58. The molecular formula is C12H20O6. The summed E-state index contributed by atoms with van der Waals surface area (Å²) in [4.78, 5) is 33.0. The van der Waals surface area contributed by atoms with Crippen LogP contribution in [0, 0.1) is 0 Å².